The molecule has 0 bridgehead atoms. The number of nitrogens with zero attached hydrogens (tertiary/aromatic N) is 2. The SMILES string of the molecule is CC(C)n1cncc1C(CN)NC1CC=CC1. The van der Waals surface area contributed by atoms with Gasteiger partial charge in [0.1, 0.15) is 0 Å². The molecule has 1 aromatic heterocycles. The van der Waals surface area contributed by atoms with Crippen LogP contribution in [0.2, 0.25) is 0 Å². The number of nitrogens with one attached hydrogen (secondary N) is 1. The van der Waals surface area contributed by atoms with Gasteiger partial charge >= 0.3 is 0 Å². The van der Waals surface area contributed by atoms with E-state index < -0.39 is 0 Å². The highest BCUT2D eigenvalue weighted by Crippen LogP contribution is 2.19. The first-order valence-electron chi connectivity index (χ1n) is 6.35. The quantitative estimate of drug-likeness (QED) is 0.763. The molecular weight excluding hydrogens is 212 g/mol. The Balaban J connectivity index is 2.08. The molecule has 1 aliphatic rings. The molecular formula is C13H22N4. The second-order valence-electron chi connectivity index (χ2n) is 4.91. The molecule has 3 N–H and O–H groups in total. The number of hydrogen-bond donors (Lipinski definition) is 2. The van der Waals surface area contributed by atoms with Crippen molar-refractivity contribution >= 4 is 0 Å². The van der Waals surface area contributed by atoms with Gasteiger partial charge < -0.3 is 15.6 Å². The van der Waals surface area contributed by atoms with Crippen LogP contribution in [0.25, 0.3) is 0 Å². The van der Waals surface area contributed by atoms with Crippen molar-refractivity contribution in [3.8, 4) is 0 Å². The van der Waals surface area contributed by atoms with E-state index in [1.54, 1.807) is 0 Å². The molecule has 2 rings (SSSR count). The molecule has 0 fully saturated rings. The number of imidazole rings is 1. The monoisotopic (exact) mass is 234 g/mol. The van der Waals surface area contributed by atoms with Crippen molar-refractivity contribution in [1.29, 1.82) is 0 Å². The third-order valence-corrected chi connectivity index (χ3v) is 3.29. The summed E-state index contributed by atoms with van der Waals surface area (Å²) in [5.74, 6) is 0. The van der Waals surface area contributed by atoms with Gasteiger partial charge in [-0.25, -0.2) is 4.98 Å². The Hall–Kier alpha value is -1.13. The molecule has 1 heterocycles. The van der Waals surface area contributed by atoms with Gasteiger partial charge in [0, 0.05) is 24.8 Å². The van der Waals surface area contributed by atoms with Gasteiger partial charge in [-0.15, -0.1) is 0 Å². The minimum Gasteiger partial charge on any atom is -0.331 e. The number of rotatable bonds is 5. The van der Waals surface area contributed by atoms with Crippen LogP contribution in [0.3, 0.4) is 0 Å². The van der Waals surface area contributed by atoms with Gasteiger partial charge in [-0.3, -0.25) is 0 Å². The molecule has 1 aromatic rings. The third kappa shape index (κ3) is 2.76. The van der Waals surface area contributed by atoms with Gasteiger partial charge in [-0.1, -0.05) is 12.2 Å². The standard InChI is InChI=1S/C13H22N4/c1-10(2)17-9-15-8-13(17)12(7-14)16-11-5-3-4-6-11/h3-4,8-12,16H,5-7,14H2,1-2H3. The molecule has 1 unspecified atom stereocenters. The first kappa shape index (κ1) is 12.3. The summed E-state index contributed by atoms with van der Waals surface area (Å²) in [5, 5.41) is 3.61. The molecule has 0 saturated heterocycles. The minimum atomic E-state index is 0.199. The summed E-state index contributed by atoms with van der Waals surface area (Å²) in [6.45, 7) is 4.93. The maximum Gasteiger partial charge on any atom is 0.0951 e. The van der Waals surface area contributed by atoms with E-state index in [0.717, 1.165) is 12.8 Å². The lowest BCUT2D eigenvalue weighted by Crippen LogP contribution is -2.36. The molecule has 0 aliphatic heterocycles. The van der Waals surface area contributed by atoms with E-state index in [-0.39, 0.29) is 6.04 Å². The Bertz CT molecular complexity index is 373. The largest absolute Gasteiger partial charge is 0.331 e. The lowest BCUT2D eigenvalue weighted by Gasteiger charge is -2.24. The molecule has 0 aromatic carbocycles. The summed E-state index contributed by atoms with van der Waals surface area (Å²) in [7, 11) is 0. The van der Waals surface area contributed by atoms with Crippen molar-refractivity contribution in [1.82, 2.24) is 14.9 Å². The molecule has 0 saturated carbocycles. The van der Waals surface area contributed by atoms with Crippen LogP contribution in [-0.2, 0) is 0 Å². The summed E-state index contributed by atoms with van der Waals surface area (Å²) in [6, 6.07) is 1.15. The van der Waals surface area contributed by atoms with Crippen LogP contribution < -0.4 is 11.1 Å². The van der Waals surface area contributed by atoms with E-state index in [9.17, 15) is 0 Å². The topological polar surface area (TPSA) is 55.9 Å². The van der Waals surface area contributed by atoms with Crippen LogP contribution in [-0.4, -0.2) is 22.1 Å². The number of hydrogen-bond acceptors (Lipinski definition) is 3. The minimum absolute atomic E-state index is 0.199. The maximum absolute atomic E-state index is 5.89. The van der Waals surface area contributed by atoms with Crippen LogP contribution in [0.15, 0.2) is 24.7 Å². The van der Waals surface area contributed by atoms with Crippen LogP contribution in [0.4, 0.5) is 0 Å². The Morgan fingerprint density at radius 3 is 2.76 bits per heavy atom. The van der Waals surface area contributed by atoms with Crippen molar-refractivity contribution in [2.75, 3.05) is 6.54 Å². The van der Waals surface area contributed by atoms with Crippen LogP contribution in [0.5, 0.6) is 0 Å². The Morgan fingerprint density at radius 1 is 1.47 bits per heavy atom. The van der Waals surface area contributed by atoms with Gasteiger partial charge in [0.25, 0.3) is 0 Å². The summed E-state index contributed by atoms with van der Waals surface area (Å²) in [6.07, 6.45) is 10.5. The highest BCUT2D eigenvalue weighted by Gasteiger charge is 2.20. The second-order valence-corrected chi connectivity index (χ2v) is 4.91. The van der Waals surface area contributed by atoms with E-state index in [4.69, 9.17) is 5.73 Å². The van der Waals surface area contributed by atoms with E-state index in [1.807, 2.05) is 12.5 Å². The molecule has 4 heteroatoms. The van der Waals surface area contributed by atoms with Gasteiger partial charge in [0.15, 0.2) is 0 Å². The third-order valence-electron chi connectivity index (χ3n) is 3.29. The molecule has 0 radical (unpaired) electrons. The Kier molecular flexibility index (Phi) is 3.97. The molecule has 1 atom stereocenters. The van der Waals surface area contributed by atoms with Gasteiger partial charge in [-0.05, 0) is 26.7 Å². The summed E-state index contributed by atoms with van der Waals surface area (Å²) >= 11 is 0. The van der Waals surface area contributed by atoms with Gasteiger partial charge in [0.2, 0.25) is 0 Å². The van der Waals surface area contributed by atoms with Crippen LogP contribution in [0, 0.1) is 0 Å². The average molecular weight is 234 g/mol. The van der Waals surface area contributed by atoms with Crippen molar-refractivity contribution in [2.45, 2.75) is 44.8 Å². The lowest BCUT2D eigenvalue weighted by atomic mass is 10.1. The predicted molar refractivity (Wildman–Crippen MR) is 69.7 cm³/mol. The molecule has 0 amide bonds. The maximum atomic E-state index is 5.89. The zero-order valence-electron chi connectivity index (χ0n) is 10.6. The van der Waals surface area contributed by atoms with E-state index in [2.05, 4.69) is 40.9 Å². The smallest absolute Gasteiger partial charge is 0.0951 e. The first-order valence-corrected chi connectivity index (χ1v) is 6.35. The Morgan fingerprint density at radius 2 is 2.18 bits per heavy atom. The molecule has 94 valence electrons. The fourth-order valence-corrected chi connectivity index (χ4v) is 2.33. The molecule has 17 heavy (non-hydrogen) atoms. The Labute approximate surface area is 103 Å². The van der Waals surface area contributed by atoms with Crippen molar-refractivity contribution in [3.63, 3.8) is 0 Å². The first-order chi connectivity index (χ1) is 8.22. The summed E-state index contributed by atoms with van der Waals surface area (Å²) < 4.78 is 2.19. The zero-order valence-corrected chi connectivity index (χ0v) is 10.6. The van der Waals surface area contributed by atoms with Crippen LogP contribution in [0.1, 0.15) is 44.5 Å². The van der Waals surface area contributed by atoms with Crippen LogP contribution >= 0.6 is 0 Å². The molecule has 4 nitrogen and oxygen atoms in total. The van der Waals surface area contributed by atoms with Crippen molar-refractivity contribution in [3.05, 3.63) is 30.4 Å². The zero-order chi connectivity index (χ0) is 12.3. The number of nitrogens with two attached hydrogens (primary N) is 1. The van der Waals surface area contributed by atoms with Gasteiger partial charge in [0.05, 0.1) is 18.1 Å². The van der Waals surface area contributed by atoms with E-state index in [1.165, 1.54) is 5.69 Å². The fourth-order valence-electron chi connectivity index (χ4n) is 2.33. The predicted octanol–water partition coefficient (Wildman–Crippen LogP) is 1.77. The molecule has 0 spiro atoms. The summed E-state index contributed by atoms with van der Waals surface area (Å²) in [5.41, 5.74) is 7.08. The average Bonchev–Trinajstić information content (AvgIpc) is 2.96. The highest BCUT2D eigenvalue weighted by molar-refractivity contribution is 5.09. The lowest BCUT2D eigenvalue weighted by molar-refractivity contribution is 0.423. The van der Waals surface area contributed by atoms with E-state index in [0.29, 0.717) is 18.6 Å². The molecule has 1 aliphatic carbocycles. The second kappa shape index (κ2) is 5.47. The normalized spacial score (nSPS) is 18.1. The van der Waals surface area contributed by atoms with Gasteiger partial charge in [-0.2, -0.15) is 0 Å². The van der Waals surface area contributed by atoms with Crippen molar-refractivity contribution < 1.29 is 0 Å². The van der Waals surface area contributed by atoms with E-state index >= 15 is 0 Å². The van der Waals surface area contributed by atoms with Crippen molar-refractivity contribution in [2.24, 2.45) is 5.73 Å². The summed E-state index contributed by atoms with van der Waals surface area (Å²) in [4.78, 5) is 4.24. The number of aromatic nitrogens is 2. The highest BCUT2D eigenvalue weighted by atomic mass is 15.1. The fraction of sp³-hybridized carbons (Fsp3) is 0.615.